The Bertz CT molecular complexity index is 365. The molecule has 1 atom stereocenters. The molecule has 1 unspecified atom stereocenters. The normalized spacial score (nSPS) is 20.2. The van der Waals surface area contributed by atoms with E-state index in [2.05, 4.69) is 24.0 Å². The summed E-state index contributed by atoms with van der Waals surface area (Å²) >= 11 is 0. The van der Waals surface area contributed by atoms with Gasteiger partial charge in [0.25, 0.3) is 0 Å². The Kier molecular flexibility index (Phi) is 3.34. The quantitative estimate of drug-likeness (QED) is 0.783. The van der Waals surface area contributed by atoms with Crippen molar-refractivity contribution in [1.82, 2.24) is 0 Å². The molecule has 1 heterocycles. The van der Waals surface area contributed by atoms with Crippen LogP contribution in [0.5, 0.6) is 5.75 Å². The Balaban J connectivity index is 2.23. The number of hydrogen-bond donors (Lipinski definition) is 0. The molecule has 0 amide bonds. The molecule has 3 heteroatoms. The smallest absolute Gasteiger partial charge is 0.129 e. The van der Waals surface area contributed by atoms with Gasteiger partial charge in [-0.15, -0.1) is 0 Å². The van der Waals surface area contributed by atoms with Gasteiger partial charge in [0.1, 0.15) is 12.0 Å². The maximum Gasteiger partial charge on any atom is 0.129 e. The van der Waals surface area contributed by atoms with E-state index in [-0.39, 0.29) is 6.23 Å². The zero-order valence-corrected chi connectivity index (χ0v) is 10.2. The lowest BCUT2D eigenvalue weighted by molar-refractivity contribution is 0.111. The van der Waals surface area contributed by atoms with Crippen LogP contribution in [0.25, 0.3) is 0 Å². The van der Waals surface area contributed by atoms with Crippen molar-refractivity contribution in [3.8, 4) is 5.75 Å². The summed E-state index contributed by atoms with van der Waals surface area (Å²) in [4.78, 5) is 2.31. The maximum absolute atomic E-state index is 5.47. The summed E-state index contributed by atoms with van der Waals surface area (Å²) in [5.74, 6) is 0.942. The summed E-state index contributed by atoms with van der Waals surface area (Å²) in [7, 11) is 3.48. The molecule has 1 aliphatic heterocycles. The van der Waals surface area contributed by atoms with Crippen LogP contribution in [-0.2, 0) is 4.74 Å². The third-order valence-corrected chi connectivity index (χ3v) is 3.18. The molecule has 0 N–H and O–H groups in total. The summed E-state index contributed by atoms with van der Waals surface area (Å²) in [5, 5.41) is 0. The van der Waals surface area contributed by atoms with Gasteiger partial charge in [0, 0.05) is 19.3 Å². The van der Waals surface area contributed by atoms with Gasteiger partial charge < -0.3 is 14.4 Å². The fourth-order valence-electron chi connectivity index (χ4n) is 2.32. The minimum Gasteiger partial charge on any atom is -0.496 e. The van der Waals surface area contributed by atoms with Crippen LogP contribution >= 0.6 is 0 Å². The monoisotopic (exact) mass is 221 g/mol. The van der Waals surface area contributed by atoms with Crippen LogP contribution in [0.1, 0.15) is 18.4 Å². The van der Waals surface area contributed by atoms with E-state index in [4.69, 9.17) is 9.47 Å². The highest BCUT2D eigenvalue weighted by molar-refractivity contribution is 5.53. The SMILES string of the molecule is COc1ccc(N2CCCC2OC)cc1C. The Morgan fingerprint density at radius 2 is 2.12 bits per heavy atom. The first kappa shape index (κ1) is 11.3. The van der Waals surface area contributed by atoms with Crippen molar-refractivity contribution >= 4 is 5.69 Å². The molecule has 0 bridgehead atoms. The molecule has 0 saturated carbocycles. The van der Waals surface area contributed by atoms with Gasteiger partial charge in [-0.05, 0) is 43.5 Å². The Morgan fingerprint density at radius 3 is 2.75 bits per heavy atom. The second kappa shape index (κ2) is 4.74. The van der Waals surface area contributed by atoms with Crippen LogP contribution in [0, 0.1) is 6.92 Å². The van der Waals surface area contributed by atoms with Gasteiger partial charge in [0.2, 0.25) is 0 Å². The fraction of sp³-hybridized carbons (Fsp3) is 0.538. The number of hydrogen-bond acceptors (Lipinski definition) is 3. The molecule has 0 aliphatic carbocycles. The number of aryl methyl sites for hydroxylation is 1. The topological polar surface area (TPSA) is 21.7 Å². The Labute approximate surface area is 97.0 Å². The average Bonchev–Trinajstić information content (AvgIpc) is 2.77. The first-order valence-electron chi connectivity index (χ1n) is 5.70. The number of nitrogens with zero attached hydrogens (tertiary/aromatic N) is 1. The van der Waals surface area contributed by atoms with Gasteiger partial charge in [-0.25, -0.2) is 0 Å². The lowest BCUT2D eigenvalue weighted by Gasteiger charge is -2.26. The molecule has 3 nitrogen and oxygen atoms in total. The van der Waals surface area contributed by atoms with Gasteiger partial charge in [0.05, 0.1) is 7.11 Å². The van der Waals surface area contributed by atoms with E-state index >= 15 is 0 Å². The highest BCUT2D eigenvalue weighted by Crippen LogP contribution is 2.29. The van der Waals surface area contributed by atoms with E-state index in [1.807, 2.05) is 6.07 Å². The van der Waals surface area contributed by atoms with Crippen molar-refractivity contribution < 1.29 is 9.47 Å². The zero-order chi connectivity index (χ0) is 11.5. The Hall–Kier alpha value is -1.22. The van der Waals surface area contributed by atoms with E-state index in [1.54, 1.807) is 14.2 Å². The summed E-state index contributed by atoms with van der Waals surface area (Å²) < 4.78 is 10.7. The number of ether oxygens (including phenoxy) is 2. The minimum atomic E-state index is 0.229. The average molecular weight is 221 g/mol. The Morgan fingerprint density at radius 1 is 1.31 bits per heavy atom. The molecule has 1 saturated heterocycles. The molecule has 0 aromatic heterocycles. The third-order valence-electron chi connectivity index (χ3n) is 3.18. The maximum atomic E-state index is 5.47. The van der Waals surface area contributed by atoms with Crippen molar-refractivity contribution in [2.45, 2.75) is 26.0 Å². The summed E-state index contributed by atoms with van der Waals surface area (Å²) in [5.41, 5.74) is 2.39. The first-order valence-corrected chi connectivity index (χ1v) is 5.70. The number of methoxy groups -OCH3 is 2. The van der Waals surface area contributed by atoms with E-state index in [1.165, 1.54) is 17.7 Å². The van der Waals surface area contributed by atoms with Crippen molar-refractivity contribution in [2.75, 3.05) is 25.7 Å². The summed E-state index contributed by atoms with van der Waals surface area (Å²) in [6, 6.07) is 6.29. The predicted molar refractivity (Wildman–Crippen MR) is 65.1 cm³/mol. The molecule has 1 fully saturated rings. The van der Waals surface area contributed by atoms with Crippen LogP contribution in [-0.4, -0.2) is 27.0 Å². The molecule has 16 heavy (non-hydrogen) atoms. The minimum absolute atomic E-state index is 0.229. The van der Waals surface area contributed by atoms with E-state index < -0.39 is 0 Å². The number of rotatable bonds is 3. The molecule has 2 rings (SSSR count). The van der Waals surface area contributed by atoms with Gasteiger partial charge in [-0.2, -0.15) is 0 Å². The summed E-state index contributed by atoms with van der Waals surface area (Å²) in [6.45, 7) is 3.14. The molecular weight excluding hydrogens is 202 g/mol. The lowest BCUT2D eigenvalue weighted by atomic mass is 10.2. The number of anilines is 1. The van der Waals surface area contributed by atoms with Crippen LogP contribution in [0.15, 0.2) is 18.2 Å². The molecule has 1 aromatic rings. The number of benzene rings is 1. The molecular formula is C13H19NO2. The largest absolute Gasteiger partial charge is 0.496 e. The fourth-order valence-corrected chi connectivity index (χ4v) is 2.32. The summed E-state index contributed by atoms with van der Waals surface area (Å²) in [6.07, 6.45) is 2.54. The second-order valence-electron chi connectivity index (χ2n) is 4.18. The van der Waals surface area contributed by atoms with Gasteiger partial charge in [-0.1, -0.05) is 0 Å². The highest BCUT2D eigenvalue weighted by Gasteiger charge is 2.24. The van der Waals surface area contributed by atoms with Crippen molar-refractivity contribution in [3.05, 3.63) is 23.8 Å². The van der Waals surface area contributed by atoms with Gasteiger partial charge in [-0.3, -0.25) is 0 Å². The van der Waals surface area contributed by atoms with Crippen LogP contribution in [0.3, 0.4) is 0 Å². The second-order valence-corrected chi connectivity index (χ2v) is 4.18. The molecule has 0 spiro atoms. The molecule has 0 radical (unpaired) electrons. The van der Waals surface area contributed by atoms with Crippen LogP contribution in [0.4, 0.5) is 5.69 Å². The van der Waals surface area contributed by atoms with Crippen LogP contribution < -0.4 is 9.64 Å². The molecule has 1 aromatic carbocycles. The van der Waals surface area contributed by atoms with Crippen molar-refractivity contribution in [1.29, 1.82) is 0 Å². The van der Waals surface area contributed by atoms with Crippen molar-refractivity contribution in [3.63, 3.8) is 0 Å². The molecule has 88 valence electrons. The van der Waals surface area contributed by atoms with E-state index in [0.29, 0.717) is 0 Å². The van der Waals surface area contributed by atoms with Gasteiger partial charge >= 0.3 is 0 Å². The third kappa shape index (κ3) is 2.00. The zero-order valence-electron chi connectivity index (χ0n) is 10.2. The standard InChI is InChI=1S/C13H19NO2/c1-10-9-11(6-7-12(10)15-2)14-8-4-5-13(14)16-3/h6-7,9,13H,4-5,8H2,1-3H3. The highest BCUT2D eigenvalue weighted by atomic mass is 16.5. The molecule has 1 aliphatic rings. The van der Waals surface area contributed by atoms with E-state index in [9.17, 15) is 0 Å². The lowest BCUT2D eigenvalue weighted by Crippen LogP contribution is -2.30. The first-order chi connectivity index (χ1) is 7.76. The van der Waals surface area contributed by atoms with E-state index in [0.717, 1.165) is 18.7 Å². The predicted octanol–water partition coefficient (Wildman–Crippen LogP) is 2.58. The van der Waals surface area contributed by atoms with Gasteiger partial charge in [0.15, 0.2) is 0 Å². The van der Waals surface area contributed by atoms with Crippen molar-refractivity contribution in [2.24, 2.45) is 0 Å². The van der Waals surface area contributed by atoms with Crippen LogP contribution in [0.2, 0.25) is 0 Å².